The maximum atomic E-state index is 9.15. The first kappa shape index (κ1) is 12.1. The van der Waals surface area contributed by atoms with Crippen LogP contribution in [0.5, 0.6) is 0 Å². The molecule has 2 rings (SSSR count). The number of rotatable bonds is 1. The lowest BCUT2D eigenvalue weighted by Gasteiger charge is -2.24. The van der Waals surface area contributed by atoms with Crippen molar-refractivity contribution < 1.29 is 0 Å². The second kappa shape index (κ2) is 4.85. The van der Waals surface area contributed by atoms with Gasteiger partial charge in [-0.25, -0.2) is 4.85 Å². The van der Waals surface area contributed by atoms with E-state index in [1.54, 1.807) is 0 Å². The van der Waals surface area contributed by atoms with E-state index >= 15 is 0 Å². The fraction of sp³-hybridized carbons (Fsp3) is 0.267. The minimum absolute atomic E-state index is 0.0970. The zero-order chi connectivity index (χ0) is 13.1. The summed E-state index contributed by atoms with van der Waals surface area (Å²) in [5.41, 5.74) is 3.02. The molecule has 88 valence electrons. The Morgan fingerprint density at radius 2 is 2.00 bits per heavy atom. The first-order valence-electron chi connectivity index (χ1n) is 5.81. The quantitative estimate of drug-likeness (QED) is 0.686. The first-order chi connectivity index (χ1) is 8.69. The summed E-state index contributed by atoms with van der Waals surface area (Å²) in [4.78, 5) is 8.06. The SMILES string of the molecule is [C-]#[N+]C1=C(c2ccccc2)N=C(C)C(C#N)[C@H]1C. The van der Waals surface area contributed by atoms with Crippen LogP contribution in [0.3, 0.4) is 0 Å². The van der Waals surface area contributed by atoms with Crippen molar-refractivity contribution in [1.29, 1.82) is 5.26 Å². The van der Waals surface area contributed by atoms with Crippen LogP contribution in [-0.2, 0) is 0 Å². The number of hydrogen-bond donors (Lipinski definition) is 0. The van der Waals surface area contributed by atoms with Gasteiger partial charge in [-0.05, 0) is 12.5 Å². The van der Waals surface area contributed by atoms with Crippen molar-refractivity contribution in [2.24, 2.45) is 16.8 Å². The molecule has 0 saturated heterocycles. The molecule has 0 saturated carbocycles. The number of benzene rings is 1. The Morgan fingerprint density at radius 3 is 2.56 bits per heavy atom. The van der Waals surface area contributed by atoms with E-state index in [0.717, 1.165) is 11.3 Å². The van der Waals surface area contributed by atoms with Crippen molar-refractivity contribution >= 4 is 11.4 Å². The Morgan fingerprint density at radius 1 is 1.33 bits per heavy atom. The van der Waals surface area contributed by atoms with Gasteiger partial charge in [-0.2, -0.15) is 5.26 Å². The fourth-order valence-corrected chi connectivity index (χ4v) is 2.21. The number of nitrogens with zero attached hydrogens (tertiary/aromatic N) is 3. The van der Waals surface area contributed by atoms with Gasteiger partial charge in [0.05, 0.1) is 24.3 Å². The molecule has 0 amide bonds. The Hall–Kier alpha value is -2.39. The van der Waals surface area contributed by atoms with Crippen LogP contribution in [0.2, 0.25) is 0 Å². The fourth-order valence-electron chi connectivity index (χ4n) is 2.21. The molecule has 0 fully saturated rings. The minimum Gasteiger partial charge on any atom is -0.268 e. The monoisotopic (exact) mass is 235 g/mol. The third-order valence-corrected chi connectivity index (χ3v) is 3.22. The predicted molar refractivity (Wildman–Crippen MR) is 71.3 cm³/mol. The molecular weight excluding hydrogens is 222 g/mol. The highest BCUT2D eigenvalue weighted by Crippen LogP contribution is 2.35. The molecule has 1 heterocycles. The smallest absolute Gasteiger partial charge is 0.195 e. The first-order valence-corrected chi connectivity index (χ1v) is 5.81. The summed E-state index contributed by atoms with van der Waals surface area (Å²) in [6.07, 6.45) is 0. The Bertz CT molecular complexity index is 597. The largest absolute Gasteiger partial charge is 0.268 e. The van der Waals surface area contributed by atoms with Crippen LogP contribution in [0.1, 0.15) is 19.4 Å². The molecule has 0 aromatic heterocycles. The average molecular weight is 235 g/mol. The van der Waals surface area contributed by atoms with Gasteiger partial charge in [0.15, 0.2) is 5.70 Å². The Labute approximate surface area is 107 Å². The van der Waals surface area contributed by atoms with E-state index in [1.807, 2.05) is 44.2 Å². The molecule has 1 aromatic carbocycles. The second-order valence-corrected chi connectivity index (χ2v) is 4.36. The summed E-state index contributed by atoms with van der Waals surface area (Å²) < 4.78 is 0. The van der Waals surface area contributed by atoms with Crippen molar-refractivity contribution in [2.75, 3.05) is 0 Å². The molecule has 1 aliphatic rings. The van der Waals surface area contributed by atoms with Gasteiger partial charge in [-0.15, -0.1) is 0 Å². The number of aliphatic imine (C=N–C) groups is 1. The van der Waals surface area contributed by atoms with E-state index < -0.39 is 0 Å². The topological polar surface area (TPSA) is 40.5 Å². The third-order valence-electron chi connectivity index (χ3n) is 3.22. The molecule has 1 unspecified atom stereocenters. The second-order valence-electron chi connectivity index (χ2n) is 4.36. The van der Waals surface area contributed by atoms with Gasteiger partial charge < -0.3 is 0 Å². The molecule has 2 atom stereocenters. The van der Waals surface area contributed by atoms with Crippen LogP contribution in [0.4, 0.5) is 0 Å². The normalized spacial score (nSPS) is 23.0. The van der Waals surface area contributed by atoms with Gasteiger partial charge in [-0.1, -0.05) is 37.3 Å². The number of nitriles is 1. The highest BCUT2D eigenvalue weighted by atomic mass is 14.9. The van der Waals surface area contributed by atoms with Crippen molar-refractivity contribution in [3.8, 4) is 6.07 Å². The summed E-state index contributed by atoms with van der Waals surface area (Å²) in [5.74, 6) is -0.387. The zero-order valence-corrected chi connectivity index (χ0v) is 10.4. The molecule has 1 aromatic rings. The summed E-state index contributed by atoms with van der Waals surface area (Å²) in [5, 5.41) is 9.15. The lowest BCUT2D eigenvalue weighted by Crippen LogP contribution is -2.23. The highest BCUT2D eigenvalue weighted by Gasteiger charge is 2.31. The van der Waals surface area contributed by atoms with E-state index in [-0.39, 0.29) is 11.8 Å². The molecule has 0 N–H and O–H groups in total. The Balaban J connectivity index is 2.59. The van der Waals surface area contributed by atoms with E-state index in [9.17, 15) is 0 Å². The zero-order valence-electron chi connectivity index (χ0n) is 10.4. The van der Waals surface area contributed by atoms with Gasteiger partial charge >= 0.3 is 0 Å². The third kappa shape index (κ3) is 1.92. The van der Waals surface area contributed by atoms with Crippen molar-refractivity contribution in [3.63, 3.8) is 0 Å². The van der Waals surface area contributed by atoms with Crippen LogP contribution in [0, 0.1) is 29.7 Å². The maximum absolute atomic E-state index is 9.15. The molecule has 3 nitrogen and oxygen atoms in total. The lowest BCUT2D eigenvalue weighted by atomic mass is 9.84. The van der Waals surface area contributed by atoms with E-state index in [1.165, 1.54) is 0 Å². The van der Waals surface area contributed by atoms with Crippen LogP contribution < -0.4 is 0 Å². The highest BCUT2D eigenvalue weighted by molar-refractivity contribution is 5.95. The van der Waals surface area contributed by atoms with Crippen molar-refractivity contribution in [3.05, 3.63) is 53.0 Å². The van der Waals surface area contributed by atoms with Gasteiger partial charge in [-0.3, -0.25) is 4.99 Å². The predicted octanol–water partition coefficient (Wildman–Crippen LogP) is 3.52. The van der Waals surface area contributed by atoms with Gasteiger partial charge in [0, 0.05) is 11.6 Å². The Kier molecular flexibility index (Phi) is 3.26. The molecule has 18 heavy (non-hydrogen) atoms. The summed E-state index contributed by atoms with van der Waals surface area (Å²) in [7, 11) is 0. The van der Waals surface area contributed by atoms with E-state index in [2.05, 4.69) is 15.9 Å². The van der Waals surface area contributed by atoms with Gasteiger partial charge in [0.2, 0.25) is 0 Å². The molecule has 3 heteroatoms. The number of allylic oxidation sites excluding steroid dienone is 1. The van der Waals surface area contributed by atoms with Crippen molar-refractivity contribution in [1.82, 2.24) is 0 Å². The molecule has 0 bridgehead atoms. The summed E-state index contributed by atoms with van der Waals surface area (Å²) >= 11 is 0. The van der Waals surface area contributed by atoms with Crippen molar-refractivity contribution in [2.45, 2.75) is 13.8 Å². The molecule has 0 radical (unpaired) electrons. The molecule has 1 aliphatic heterocycles. The minimum atomic E-state index is -0.290. The van der Waals surface area contributed by atoms with Crippen LogP contribution >= 0.6 is 0 Å². The van der Waals surface area contributed by atoms with Gasteiger partial charge in [0.25, 0.3) is 0 Å². The average Bonchev–Trinajstić information content (AvgIpc) is 2.39. The van der Waals surface area contributed by atoms with Crippen LogP contribution in [0.25, 0.3) is 10.5 Å². The summed E-state index contributed by atoms with van der Waals surface area (Å²) in [6.45, 7) is 11.1. The maximum Gasteiger partial charge on any atom is 0.195 e. The number of hydrogen-bond acceptors (Lipinski definition) is 2. The molecular formula is C15H13N3. The molecule has 0 aliphatic carbocycles. The van der Waals surface area contributed by atoms with Crippen LogP contribution in [-0.4, -0.2) is 5.71 Å². The van der Waals surface area contributed by atoms with E-state index in [4.69, 9.17) is 11.8 Å². The van der Waals surface area contributed by atoms with E-state index in [0.29, 0.717) is 11.4 Å². The summed E-state index contributed by atoms with van der Waals surface area (Å²) in [6, 6.07) is 11.9. The molecule has 0 spiro atoms. The van der Waals surface area contributed by atoms with Crippen LogP contribution in [0.15, 0.2) is 41.0 Å². The standard InChI is InChI=1S/C15H13N3/c1-10-13(9-16)11(2)18-15(14(10)17-3)12-7-5-4-6-8-12/h4-8,10,13H,1-2H3/t10-,13?/m1/s1. The lowest BCUT2D eigenvalue weighted by molar-refractivity contribution is 0.618. The van der Waals surface area contributed by atoms with Gasteiger partial charge in [0.1, 0.15) is 0 Å².